The van der Waals surface area contributed by atoms with Crippen LogP contribution < -0.4 is 5.56 Å². The number of amides is 1. The van der Waals surface area contributed by atoms with E-state index in [1.165, 1.54) is 22.4 Å². The quantitative estimate of drug-likeness (QED) is 0.718. The van der Waals surface area contributed by atoms with Crippen LogP contribution in [0.2, 0.25) is 0 Å². The van der Waals surface area contributed by atoms with Gasteiger partial charge >= 0.3 is 0 Å². The Balaban J connectivity index is 1.78. The van der Waals surface area contributed by atoms with Crippen molar-refractivity contribution < 1.29 is 9.53 Å². The average molecular weight is 369 g/mol. The van der Waals surface area contributed by atoms with Crippen molar-refractivity contribution in [1.29, 1.82) is 0 Å². The van der Waals surface area contributed by atoms with Gasteiger partial charge in [-0.05, 0) is 36.0 Å². The first-order chi connectivity index (χ1) is 13.0. The van der Waals surface area contributed by atoms with E-state index in [0.717, 1.165) is 18.4 Å². The predicted octanol–water partition coefficient (Wildman–Crippen LogP) is 2.82. The number of carbonyl (C=O) groups is 1. The third kappa shape index (κ3) is 4.83. The summed E-state index contributed by atoms with van der Waals surface area (Å²) in [5.41, 5.74) is 2.46. The van der Waals surface area contributed by atoms with Crippen molar-refractivity contribution in [3.63, 3.8) is 0 Å². The van der Waals surface area contributed by atoms with Gasteiger partial charge in [0, 0.05) is 25.8 Å². The highest BCUT2D eigenvalue weighted by Gasteiger charge is 2.33. The smallest absolute Gasteiger partial charge is 0.274 e. The Morgan fingerprint density at radius 1 is 1.22 bits per heavy atom. The third-order valence-corrected chi connectivity index (χ3v) is 4.84. The van der Waals surface area contributed by atoms with Crippen LogP contribution >= 0.6 is 0 Å². The molecule has 0 spiro atoms. The first-order valence-electron chi connectivity index (χ1n) is 9.46. The molecular weight excluding hydrogens is 342 g/mol. The Bertz CT molecular complexity index is 838. The largest absolute Gasteiger partial charge is 0.383 e. The summed E-state index contributed by atoms with van der Waals surface area (Å²) in [4.78, 5) is 26.8. The van der Waals surface area contributed by atoms with Crippen LogP contribution in [0.5, 0.6) is 0 Å². The lowest BCUT2D eigenvalue weighted by molar-refractivity contribution is 0.0720. The number of aromatic nitrogens is 2. The van der Waals surface area contributed by atoms with E-state index >= 15 is 0 Å². The van der Waals surface area contributed by atoms with E-state index in [-0.39, 0.29) is 17.5 Å². The maximum Gasteiger partial charge on any atom is 0.274 e. The first kappa shape index (κ1) is 19.3. The summed E-state index contributed by atoms with van der Waals surface area (Å²) in [6.45, 7) is 5.59. The van der Waals surface area contributed by atoms with Gasteiger partial charge in [0.05, 0.1) is 13.2 Å². The number of ether oxygens (including phenoxy) is 1. The van der Waals surface area contributed by atoms with Crippen molar-refractivity contribution in [1.82, 2.24) is 14.7 Å². The summed E-state index contributed by atoms with van der Waals surface area (Å²) >= 11 is 0. The normalized spacial score (nSPS) is 13.8. The van der Waals surface area contributed by atoms with Gasteiger partial charge in [0.1, 0.15) is 5.69 Å². The molecule has 0 saturated heterocycles. The molecule has 0 N–H and O–H groups in total. The van der Waals surface area contributed by atoms with Crippen molar-refractivity contribution in [2.45, 2.75) is 51.7 Å². The maximum absolute atomic E-state index is 13.1. The Kier molecular flexibility index (Phi) is 6.06. The predicted molar refractivity (Wildman–Crippen MR) is 104 cm³/mol. The highest BCUT2D eigenvalue weighted by Crippen LogP contribution is 2.29. The summed E-state index contributed by atoms with van der Waals surface area (Å²) < 4.78 is 6.30. The average Bonchev–Trinajstić information content (AvgIpc) is 3.50. The zero-order chi connectivity index (χ0) is 19.4. The maximum atomic E-state index is 13.1. The van der Waals surface area contributed by atoms with Crippen molar-refractivity contribution in [2.75, 3.05) is 13.7 Å². The summed E-state index contributed by atoms with van der Waals surface area (Å²) in [5, 5.41) is 4.25. The molecule has 0 bridgehead atoms. The van der Waals surface area contributed by atoms with Gasteiger partial charge in [0.2, 0.25) is 0 Å². The summed E-state index contributed by atoms with van der Waals surface area (Å²) in [5.74, 6) is 0.356. The minimum Gasteiger partial charge on any atom is -0.383 e. The molecule has 27 heavy (non-hydrogen) atoms. The molecule has 3 rings (SSSR count). The van der Waals surface area contributed by atoms with Crippen molar-refractivity contribution in [3.05, 3.63) is 63.6 Å². The van der Waals surface area contributed by atoms with Gasteiger partial charge in [-0.1, -0.05) is 38.1 Å². The molecule has 2 aromatic rings. The number of nitrogens with zero attached hydrogens (tertiary/aromatic N) is 3. The van der Waals surface area contributed by atoms with Gasteiger partial charge in [-0.25, -0.2) is 4.68 Å². The van der Waals surface area contributed by atoms with Crippen LogP contribution in [0.25, 0.3) is 0 Å². The number of carbonyl (C=O) groups excluding carboxylic acids is 1. The van der Waals surface area contributed by atoms with E-state index in [9.17, 15) is 9.59 Å². The first-order valence-corrected chi connectivity index (χ1v) is 9.46. The van der Waals surface area contributed by atoms with Crippen LogP contribution in [-0.4, -0.2) is 40.3 Å². The van der Waals surface area contributed by atoms with E-state index in [4.69, 9.17) is 4.74 Å². The molecule has 0 aliphatic heterocycles. The Morgan fingerprint density at radius 3 is 2.52 bits per heavy atom. The van der Waals surface area contributed by atoms with E-state index in [1.54, 1.807) is 7.11 Å². The van der Waals surface area contributed by atoms with Crippen LogP contribution in [0.3, 0.4) is 0 Å². The topological polar surface area (TPSA) is 64.4 Å². The number of rotatable bonds is 8. The van der Waals surface area contributed by atoms with Crippen molar-refractivity contribution in [3.8, 4) is 0 Å². The Hall–Kier alpha value is -2.47. The molecule has 1 aromatic heterocycles. The molecule has 0 unspecified atom stereocenters. The molecule has 1 fully saturated rings. The molecule has 1 aromatic carbocycles. The van der Waals surface area contributed by atoms with Crippen LogP contribution in [0.4, 0.5) is 0 Å². The third-order valence-electron chi connectivity index (χ3n) is 4.84. The Morgan fingerprint density at radius 2 is 1.93 bits per heavy atom. The van der Waals surface area contributed by atoms with E-state index in [2.05, 4.69) is 43.2 Å². The van der Waals surface area contributed by atoms with Gasteiger partial charge in [-0.3, -0.25) is 9.59 Å². The molecule has 1 amide bonds. The fourth-order valence-electron chi connectivity index (χ4n) is 3.01. The summed E-state index contributed by atoms with van der Waals surface area (Å²) in [6, 6.07) is 11.6. The van der Waals surface area contributed by atoms with Crippen LogP contribution in [0.1, 0.15) is 54.2 Å². The fraction of sp³-hybridized carbons (Fsp3) is 0.476. The second-order valence-corrected chi connectivity index (χ2v) is 7.33. The molecule has 0 atom stereocenters. The van der Waals surface area contributed by atoms with Crippen molar-refractivity contribution >= 4 is 5.91 Å². The van der Waals surface area contributed by atoms with Crippen LogP contribution in [0.15, 0.2) is 41.2 Å². The van der Waals surface area contributed by atoms with Crippen LogP contribution in [0, 0.1) is 0 Å². The molecule has 6 nitrogen and oxygen atoms in total. The Labute approximate surface area is 159 Å². The van der Waals surface area contributed by atoms with Gasteiger partial charge in [0.25, 0.3) is 11.5 Å². The lowest BCUT2D eigenvalue weighted by Crippen LogP contribution is -2.35. The number of hydrogen-bond acceptors (Lipinski definition) is 4. The standard InChI is InChI=1S/C21H27N3O3/c1-15(2)17-6-4-16(5-7-17)14-23(18-8-9-18)21(26)19-10-11-20(25)24(22-19)12-13-27-3/h4-7,10-11,15,18H,8-9,12-14H2,1-3H3. The lowest BCUT2D eigenvalue weighted by Gasteiger charge is -2.22. The molecule has 6 heteroatoms. The summed E-state index contributed by atoms with van der Waals surface area (Å²) in [7, 11) is 1.57. The summed E-state index contributed by atoms with van der Waals surface area (Å²) in [6.07, 6.45) is 2.03. The SMILES string of the molecule is COCCn1nc(C(=O)N(Cc2ccc(C(C)C)cc2)C2CC2)ccc1=O. The van der Waals surface area contributed by atoms with Crippen molar-refractivity contribution in [2.24, 2.45) is 0 Å². The second kappa shape index (κ2) is 8.48. The van der Waals surface area contributed by atoms with Gasteiger partial charge in [-0.2, -0.15) is 5.10 Å². The van der Waals surface area contributed by atoms with E-state index < -0.39 is 0 Å². The molecule has 1 aliphatic rings. The molecule has 144 valence electrons. The minimum absolute atomic E-state index is 0.128. The molecule has 1 saturated carbocycles. The van der Waals surface area contributed by atoms with Gasteiger partial charge in [-0.15, -0.1) is 0 Å². The monoisotopic (exact) mass is 369 g/mol. The zero-order valence-electron chi connectivity index (χ0n) is 16.2. The number of methoxy groups -OCH3 is 1. The second-order valence-electron chi connectivity index (χ2n) is 7.33. The van der Waals surface area contributed by atoms with Gasteiger partial charge in [0.15, 0.2) is 0 Å². The highest BCUT2D eigenvalue weighted by atomic mass is 16.5. The van der Waals surface area contributed by atoms with Gasteiger partial charge < -0.3 is 9.64 Å². The highest BCUT2D eigenvalue weighted by molar-refractivity contribution is 5.92. The van der Waals surface area contributed by atoms with Crippen LogP contribution in [-0.2, 0) is 17.8 Å². The molecule has 1 aliphatic carbocycles. The molecule has 0 radical (unpaired) electrons. The van der Waals surface area contributed by atoms with E-state index in [0.29, 0.717) is 31.3 Å². The minimum atomic E-state index is -0.231. The molecular formula is C21H27N3O3. The number of hydrogen-bond donors (Lipinski definition) is 0. The molecule has 1 heterocycles. The lowest BCUT2D eigenvalue weighted by atomic mass is 10.0. The fourth-order valence-corrected chi connectivity index (χ4v) is 3.01. The van der Waals surface area contributed by atoms with E-state index in [1.807, 2.05) is 4.90 Å². The zero-order valence-corrected chi connectivity index (χ0v) is 16.2. The number of benzene rings is 1.